The molecule has 1 fully saturated rings. The Labute approximate surface area is 207 Å². The fourth-order valence-electron chi connectivity index (χ4n) is 3.24. The van der Waals surface area contributed by atoms with Crippen LogP contribution in [0.3, 0.4) is 0 Å². The van der Waals surface area contributed by atoms with Crippen molar-refractivity contribution in [2.24, 2.45) is 0 Å². The minimum Gasteiger partial charge on any atom is -0.486 e. The number of hydrogen-bond acceptors (Lipinski definition) is 3. The fourth-order valence-corrected chi connectivity index (χ4v) is 4.42. The number of rotatable bonds is 6. The maximum atomic E-state index is 13.9. The van der Waals surface area contributed by atoms with Crippen molar-refractivity contribution < 1.29 is 18.7 Å². The second-order valence-electron chi connectivity index (χ2n) is 7.16. The molecule has 1 saturated heterocycles. The first-order chi connectivity index (χ1) is 15.8. The number of amides is 3. The molecule has 4 rings (SSSR count). The van der Waals surface area contributed by atoms with Crippen molar-refractivity contribution in [3.63, 3.8) is 0 Å². The van der Waals surface area contributed by atoms with Crippen LogP contribution in [-0.4, -0.2) is 16.8 Å². The van der Waals surface area contributed by atoms with Gasteiger partial charge in [0.05, 0.1) is 16.0 Å². The van der Waals surface area contributed by atoms with Crippen molar-refractivity contribution in [1.29, 1.82) is 0 Å². The van der Waals surface area contributed by atoms with Crippen LogP contribution in [0.15, 0.2) is 70.8 Å². The lowest BCUT2D eigenvalue weighted by molar-refractivity contribution is -0.123. The van der Waals surface area contributed by atoms with Gasteiger partial charge < -0.3 is 10.1 Å². The summed E-state index contributed by atoms with van der Waals surface area (Å²) in [6, 6.07) is 16.0. The molecule has 1 aliphatic heterocycles. The number of urea groups is 1. The molecule has 0 spiro atoms. The van der Waals surface area contributed by atoms with Crippen LogP contribution in [0.1, 0.15) is 16.7 Å². The average molecular weight is 550 g/mol. The zero-order chi connectivity index (χ0) is 23.5. The van der Waals surface area contributed by atoms with E-state index in [1.807, 2.05) is 18.2 Å². The molecule has 0 bridgehead atoms. The van der Waals surface area contributed by atoms with Crippen LogP contribution in [0, 0.1) is 5.82 Å². The first kappa shape index (κ1) is 23.3. The van der Waals surface area contributed by atoms with Crippen LogP contribution >= 0.6 is 39.1 Å². The van der Waals surface area contributed by atoms with Gasteiger partial charge in [-0.25, -0.2) is 9.18 Å². The highest BCUT2D eigenvalue weighted by molar-refractivity contribution is 9.10. The van der Waals surface area contributed by atoms with Gasteiger partial charge >= 0.3 is 6.03 Å². The van der Waals surface area contributed by atoms with Crippen molar-refractivity contribution in [2.75, 3.05) is 0 Å². The van der Waals surface area contributed by atoms with Crippen molar-refractivity contribution in [1.82, 2.24) is 10.2 Å². The molecule has 3 aromatic rings. The lowest BCUT2D eigenvalue weighted by Gasteiger charge is -2.12. The first-order valence-corrected chi connectivity index (χ1v) is 11.3. The molecule has 0 aromatic heterocycles. The molecule has 0 aliphatic carbocycles. The second-order valence-corrected chi connectivity index (χ2v) is 8.83. The van der Waals surface area contributed by atoms with Gasteiger partial charge in [0.1, 0.15) is 18.1 Å². The van der Waals surface area contributed by atoms with E-state index >= 15 is 0 Å². The first-order valence-electron chi connectivity index (χ1n) is 9.76. The molecule has 3 amide bonds. The molecule has 0 unspecified atom stereocenters. The number of nitrogens with one attached hydrogen (secondary N) is 1. The summed E-state index contributed by atoms with van der Waals surface area (Å²) >= 11 is 16.0. The van der Waals surface area contributed by atoms with Crippen LogP contribution in [0.25, 0.3) is 6.08 Å². The molecule has 0 atom stereocenters. The van der Waals surface area contributed by atoms with E-state index in [1.165, 1.54) is 18.2 Å². The lowest BCUT2D eigenvalue weighted by Crippen LogP contribution is -2.30. The SMILES string of the molecule is O=C1N/C(=C/c2cc(Cl)c(OCc3ccccc3Cl)c(Br)c2)C(=O)N1Cc1ccccc1F. The molecule has 33 heavy (non-hydrogen) atoms. The minimum absolute atomic E-state index is 0.0593. The van der Waals surface area contributed by atoms with E-state index in [-0.39, 0.29) is 24.4 Å². The summed E-state index contributed by atoms with van der Waals surface area (Å²) in [5.74, 6) is -0.630. The van der Waals surface area contributed by atoms with E-state index in [4.69, 9.17) is 27.9 Å². The predicted molar refractivity (Wildman–Crippen MR) is 128 cm³/mol. The van der Waals surface area contributed by atoms with E-state index < -0.39 is 17.8 Å². The van der Waals surface area contributed by atoms with Gasteiger partial charge in [0.2, 0.25) is 0 Å². The average Bonchev–Trinajstić information content (AvgIpc) is 3.03. The molecule has 1 N–H and O–H groups in total. The van der Waals surface area contributed by atoms with Crippen molar-refractivity contribution in [3.05, 3.63) is 103 Å². The highest BCUT2D eigenvalue weighted by Crippen LogP contribution is 2.36. The quantitative estimate of drug-likeness (QED) is 0.279. The molecule has 5 nitrogen and oxygen atoms in total. The predicted octanol–water partition coefficient (Wildman–Crippen LogP) is 6.57. The van der Waals surface area contributed by atoms with Crippen LogP contribution in [-0.2, 0) is 17.9 Å². The second kappa shape index (κ2) is 9.95. The third kappa shape index (κ3) is 5.21. The molecule has 168 valence electrons. The Balaban J connectivity index is 1.52. The highest BCUT2D eigenvalue weighted by Gasteiger charge is 2.34. The van der Waals surface area contributed by atoms with Gasteiger partial charge in [-0.2, -0.15) is 0 Å². The number of halogens is 4. The van der Waals surface area contributed by atoms with E-state index in [0.29, 0.717) is 25.8 Å². The molecule has 1 heterocycles. The summed E-state index contributed by atoms with van der Waals surface area (Å²) in [6.45, 7) is 0.0476. The van der Waals surface area contributed by atoms with E-state index in [9.17, 15) is 14.0 Å². The Morgan fingerprint density at radius 2 is 1.70 bits per heavy atom. The van der Waals surface area contributed by atoms with Crippen LogP contribution < -0.4 is 10.1 Å². The molecule has 3 aromatic carbocycles. The van der Waals surface area contributed by atoms with Crippen molar-refractivity contribution in [3.8, 4) is 5.75 Å². The van der Waals surface area contributed by atoms with Crippen LogP contribution in [0.4, 0.5) is 9.18 Å². The normalized spacial score (nSPS) is 14.7. The monoisotopic (exact) mass is 548 g/mol. The Morgan fingerprint density at radius 1 is 1.00 bits per heavy atom. The Morgan fingerprint density at radius 3 is 2.39 bits per heavy atom. The summed E-state index contributed by atoms with van der Waals surface area (Å²) in [5.41, 5.74) is 1.67. The maximum absolute atomic E-state index is 13.9. The third-order valence-corrected chi connectivity index (χ3v) is 6.15. The maximum Gasteiger partial charge on any atom is 0.329 e. The third-order valence-electron chi connectivity index (χ3n) is 4.91. The van der Waals surface area contributed by atoms with Gasteiger partial charge in [0.15, 0.2) is 5.75 Å². The van der Waals surface area contributed by atoms with Crippen LogP contribution in [0.5, 0.6) is 5.75 Å². The molecular formula is C24H16BrCl2FN2O3. The van der Waals surface area contributed by atoms with Crippen LogP contribution in [0.2, 0.25) is 10.0 Å². The molecule has 0 saturated carbocycles. The van der Waals surface area contributed by atoms with Crippen molar-refractivity contribution >= 4 is 57.1 Å². The number of nitrogens with zero attached hydrogens (tertiary/aromatic N) is 1. The number of hydrogen-bond donors (Lipinski definition) is 1. The molecule has 9 heteroatoms. The number of carbonyl (C=O) groups is 2. The van der Waals surface area contributed by atoms with E-state index in [0.717, 1.165) is 10.5 Å². The number of imide groups is 1. The lowest BCUT2D eigenvalue weighted by atomic mass is 10.1. The Hall–Kier alpha value is -2.87. The summed E-state index contributed by atoms with van der Waals surface area (Å²) in [6.07, 6.45) is 1.50. The van der Waals surface area contributed by atoms with E-state index in [1.54, 1.807) is 30.3 Å². The summed E-state index contributed by atoms with van der Waals surface area (Å²) in [5, 5.41) is 3.41. The number of benzene rings is 3. The molecule has 0 radical (unpaired) electrons. The molecule has 1 aliphatic rings. The van der Waals surface area contributed by atoms with Gasteiger partial charge in [-0.3, -0.25) is 9.69 Å². The van der Waals surface area contributed by atoms with Gasteiger partial charge in [0, 0.05) is 16.1 Å². The highest BCUT2D eigenvalue weighted by atomic mass is 79.9. The van der Waals surface area contributed by atoms with Gasteiger partial charge in [-0.1, -0.05) is 59.6 Å². The van der Waals surface area contributed by atoms with Crippen molar-refractivity contribution in [2.45, 2.75) is 13.2 Å². The smallest absolute Gasteiger partial charge is 0.329 e. The summed E-state index contributed by atoms with van der Waals surface area (Å²) in [4.78, 5) is 26.0. The summed E-state index contributed by atoms with van der Waals surface area (Å²) in [7, 11) is 0. The minimum atomic E-state index is -0.626. The number of ether oxygens (including phenoxy) is 1. The van der Waals surface area contributed by atoms with Gasteiger partial charge in [-0.05, 0) is 51.8 Å². The Bertz CT molecular complexity index is 1260. The zero-order valence-electron chi connectivity index (χ0n) is 16.9. The Kier molecular flexibility index (Phi) is 7.02. The number of carbonyl (C=O) groups excluding carboxylic acids is 2. The fraction of sp³-hybridized carbons (Fsp3) is 0.0833. The van der Waals surface area contributed by atoms with Gasteiger partial charge in [-0.15, -0.1) is 0 Å². The summed E-state index contributed by atoms with van der Waals surface area (Å²) < 4.78 is 20.3. The molecular weight excluding hydrogens is 534 g/mol. The zero-order valence-corrected chi connectivity index (χ0v) is 20.0. The van der Waals surface area contributed by atoms with E-state index in [2.05, 4.69) is 21.2 Å². The topological polar surface area (TPSA) is 58.6 Å². The largest absolute Gasteiger partial charge is 0.486 e. The standard InChI is InChI=1S/C24H16BrCl2FN2O3/c25-17-9-14(10-19(27)22(17)33-13-16-6-1-3-7-18(16)26)11-21-23(31)30(24(32)29-21)12-15-5-2-4-8-20(15)28/h1-11H,12-13H2,(H,29,32)/b21-11+. The van der Waals surface area contributed by atoms with Gasteiger partial charge in [0.25, 0.3) is 5.91 Å².